The molecular formula is C12H14N4O2S. The highest BCUT2D eigenvalue weighted by molar-refractivity contribution is 7.91. The highest BCUT2D eigenvalue weighted by Gasteiger charge is 2.33. The molecule has 0 radical (unpaired) electrons. The molecule has 100 valence electrons. The molecule has 0 amide bonds. The predicted octanol–water partition coefficient (Wildman–Crippen LogP) is 0.396. The van der Waals surface area contributed by atoms with Gasteiger partial charge in [-0.15, -0.1) is 5.10 Å². The fraction of sp³-hybridized carbons (Fsp3) is 0.333. The number of rotatable bonds is 4. The Bertz CT molecular complexity index is 667. The first-order valence-electron chi connectivity index (χ1n) is 6.06. The van der Waals surface area contributed by atoms with Crippen molar-refractivity contribution in [3.8, 4) is 0 Å². The van der Waals surface area contributed by atoms with Crippen molar-refractivity contribution in [2.45, 2.75) is 17.5 Å². The predicted molar refractivity (Wildman–Crippen MR) is 69.3 cm³/mol. The van der Waals surface area contributed by atoms with Crippen LogP contribution in [-0.4, -0.2) is 35.7 Å². The zero-order valence-electron chi connectivity index (χ0n) is 10.2. The molecule has 1 atom stereocenters. The summed E-state index contributed by atoms with van der Waals surface area (Å²) in [7, 11) is -3.14. The number of fused-ring (bicyclic) bond motifs is 1. The summed E-state index contributed by atoms with van der Waals surface area (Å²) in [5.41, 5.74) is 0.862. The van der Waals surface area contributed by atoms with Crippen molar-refractivity contribution in [2.24, 2.45) is 0 Å². The van der Waals surface area contributed by atoms with Crippen LogP contribution in [0.25, 0.3) is 0 Å². The van der Waals surface area contributed by atoms with Gasteiger partial charge in [0, 0.05) is 18.8 Å². The van der Waals surface area contributed by atoms with E-state index in [-0.39, 0.29) is 11.8 Å². The molecule has 0 saturated heterocycles. The SMILES string of the molecule is O=S1(=O)CC(NCCn2ccnn2)c2ccccc21. The molecule has 1 aliphatic heterocycles. The van der Waals surface area contributed by atoms with E-state index in [0.29, 0.717) is 18.0 Å². The number of sulfone groups is 1. The van der Waals surface area contributed by atoms with Crippen molar-refractivity contribution in [2.75, 3.05) is 12.3 Å². The molecule has 1 aliphatic rings. The minimum atomic E-state index is -3.14. The number of aromatic nitrogens is 3. The van der Waals surface area contributed by atoms with E-state index in [1.807, 2.05) is 12.1 Å². The maximum Gasteiger partial charge on any atom is 0.180 e. The van der Waals surface area contributed by atoms with Crippen LogP contribution in [0.2, 0.25) is 0 Å². The van der Waals surface area contributed by atoms with Gasteiger partial charge in [0.15, 0.2) is 9.84 Å². The molecule has 0 fully saturated rings. The summed E-state index contributed by atoms with van der Waals surface area (Å²) in [4.78, 5) is 0.452. The monoisotopic (exact) mass is 278 g/mol. The van der Waals surface area contributed by atoms with Crippen LogP contribution in [-0.2, 0) is 16.4 Å². The van der Waals surface area contributed by atoms with Crippen LogP contribution in [0.4, 0.5) is 0 Å². The van der Waals surface area contributed by atoms with E-state index in [1.165, 1.54) is 0 Å². The second kappa shape index (κ2) is 4.75. The van der Waals surface area contributed by atoms with Gasteiger partial charge in [-0.1, -0.05) is 23.4 Å². The molecule has 1 N–H and O–H groups in total. The minimum Gasteiger partial charge on any atom is -0.307 e. The molecule has 0 bridgehead atoms. The van der Waals surface area contributed by atoms with E-state index in [1.54, 1.807) is 29.2 Å². The summed E-state index contributed by atoms with van der Waals surface area (Å²) in [5.74, 6) is 0.129. The number of hydrogen-bond acceptors (Lipinski definition) is 5. The van der Waals surface area contributed by atoms with Crippen molar-refractivity contribution in [3.63, 3.8) is 0 Å². The maximum atomic E-state index is 12.0. The van der Waals surface area contributed by atoms with Crippen LogP contribution in [0.15, 0.2) is 41.6 Å². The number of benzene rings is 1. The average molecular weight is 278 g/mol. The van der Waals surface area contributed by atoms with Gasteiger partial charge in [-0.25, -0.2) is 8.42 Å². The van der Waals surface area contributed by atoms with E-state index in [9.17, 15) is 8.42 Å². The summed E-state index contributed by atoms with van der Waals surface area (Å²) in [6.07, 6.45) is 3.40. The molecule has 1 unspecified atom stereocenters. The van der Waals surface area contributed by atoms with Crippen molar-refractivity contribution in [1.29, 1.82) is 0 Å². The second-order valence-electron chi connectivity index (χ2n) is 4.49. The van der Waals surface area contributed by atoms with E-state index >= 15 is 0 Å². The zero-order chi connectivity index (χ0) is 13.3. The van der Waals surface area contributed by atoms with E-state index in [0.717, 1.165) is 5.56 Å². The molecule has 2 heterocycles. The van der Waals surface area contributed by atoms with Crippen LogP contribution in [0.3, 0.4) is 0 Å². The van der Waals surface area contributed by atoms with Crippen molar-refractivity contribution in [3.05, 3.63) is 42.2 Å². The Morgan fingerprint density at radius 1 is 1.37 bits per heavy atom. The van der Waals surface area contributed by atoms with Gasteiger partial charge in [-0.3, -0.25) is 4.68 Å². The lowest BCUT2D eigenvalue weighted by molar-refractivity contribution is 0.500. The Balaban J connectivity index is 1.70. The van der Waals surface area contributed by atoms with Crippen molar-refractivity contribution >= 4 is 9.84 Å². The van der Waals surface area contributed by atoms with E-state index in [4.69, 9.17) is 0 Å². The third-order valence-electron chi connectivity index (χ3n) is 3.22. The lowest BCUT2D eigenvalue weighted by Gasteiger charge is -2.12. The van der Waals surface area contributed by atoms with Gasteiger partial charge >= 0.3 is 0 Å². The molecular weight excluding hydrogens is 264 g/mol. The maximum absolute atomic E-state index is 12.0. The number of nitrogens with one attached hydrogen (secondary N) is 1. The Hall–Kier alpha value is -1.73. The zero-order valence-corrected chi connectivity index (χ0v) is 11.0. The molecule has 0 saturated carbocycles. The van der Waals surface area contributed by atoms with E-state index in [2.05, 4.69) is 15.6 Å². The van der Waals surface area contributed by atoms with Gasteiger partial charge in [0.2, 0.25) is 0 Å². The Morgan fingerprint density at radius 3 is 3.00 bits per heavy atom. The largest absolute Gasteiger partial charge is 0.307 e. The summed E-state index contributed by atoms with van der Waals surface area (Å²) in [6, 6.07) is 7.03. The number of nitrogens with zero attached hydrogens (tertiary/aromatic N) is 3. The summed E-state index contributed by atoms with van der Waals surface area (Å²) in [5, 5.41) is 10.8. The fourth-order valence-corrected chi connectivity index (χ4v) is 4.10. The van der Waals surface area contributed by atoms with Gasteiger partial charge in [0.25, 0.3) is 0 Å². The Kier molecular flexibility index (Phi) is 3.08. The standard InChI is InChI=1S/C12H14N4O2S/c17-19(18)9-11(10-3-1-2-4-12(10)19)13-5-7-16-8-6-14-15-16/h1-4,6,8,11,13H,5,7,9H2. The molecule has 1 aromatic heterocycles. The normalized spacial score (nSPS) is 20.3. The first-order valence-corrected chi connectivity index (χ1v) is 7.71. The van der Waals surface area contributed by atoms with Gasteiger partial charge in [0.1, 0.15) is 0 Å². The van der Waals surface area contributed by atoms with Gasteiger partial charge in [-0.2, -0.15) is 0 Å². The average Bonchev–Trinajstić information content (AvgIpc) is 2.98. The molecule has 0 aliphatic carbocycles. The third-order valence-corrected chi connectivity index (χ3v) is 5.03. The number of hydrogen-bond donors (Lipinski definition) is 1. The van der Waals surface area contributed by atoms with Crippen molar-refractivity contribution in [1.82, 2.24) is 20.3 Å². The highest BCUT2D eigenvalue weighted by Crippen LogP contribution is 2.32. The van der Waals surface area contributed by atoms with Crippen LogP contribution in [0.1, 0.15) is 11.6 Å². The molecule has 1 aromatic carbocycles. The lowest BCUT2D eigenvalue weighted by atomic mass is 10.1. The van der Waals surface area contributed by atoms with Crippen LogP contribution in [0.5, 0.6) is 0 Å². The smallest absolute Gasteiger partial charge is 0.180 e. The first kappa shape index (κ1) is 12.3. The minimum absolute atomic E-state index is 0.129. The first-order chi connectivity index (χ1) is 9.17. The summed E-state index contributed by atoms with van der Waals surface area (Å²) in [6.45, 7) is 1.32. The summed E-state index contributed by atoms with van der Waals surface area (Å²) >= 11 is 0. The molecule has 2 aromatic rings. The van der Waals surface area contributed by atoms with E-state index < -0.39 is 9.84 Å². The van der Waals surface area contributed by atoms with Crippen molar-refractivity contribution < 1.29 is 8.42 Å². The Labute approximate surface area is 111 Å². The van der Waals surface area contributed by atoms with Crippen LogP contribution in [0, 0.1) is 0 Å². The second-order valence-corrected chi connectivity index (χ2v) is 6.49. The summed E-state index contributed by atoms with van der Waals surface area (Å²) < 4.78 is 25.7. The lowest BCUT2D eigenvalue weighted by Crippen LogP contribution is -2.26. The van der Waals surface area contributed by atoms with Gasteiger partial charge in [-0.05, 0) is 11.6 Å². The molecule has 7 heteroatoms. The fourth-order valence-electron chi connectivity index (χ4n) is 2.32. The van der Waals surface area contributed by atoms with Crippen LogP contribution >= 0.6 is 0 Å². The molecule has 3 rings (SSSR count). The van der Waals surface area contributed by atoms with Crippen LogP contribution < -0.4 is 5.32 Å². The molecule has 6 nitrogen and oxygen atoms in total. The third kappa shape index (κ3) is 2.39. The highest BCUT2D eigenvalue weighted by atomic mass is 32.2. The topological polar surface area (TPSA) is 76.9 Å². The van der Waals surface area contributed by atoms with Gasteiger partial charge in [0.05, 0.1) is 23.4 Å². The molecule has 0 spiro atoms. The quantitative estimate of drug-likeness (QED) is 0.876. The van der Waals surface area contributed by atoms with Gasteiger partial charge < -0.3 is 5.32 Å². The molecule has 19 heavy (non-hydrogen) atoms. The Morgan fingerprint density at radius 2 is 2.21 bits per heavy atom.